The number of carbonyl (C=O) groups excluding carboxylic acids is 1. The molecule has 1 atom stereocenters. The normalized spacial score (nSPS) is 25.2. The molecule has 0 fully saturated rings. The minimum absolute atomic E-state index is 0.131. The number of nitrogens with two attached hydrogens (primary N) is 1. The Bertz CT molecular complexity index is 1110. The third kappa shape index (κ3) is 2.04. The molecule has 2 aliphatic heterocycles. The van der Waals surface area contributed by atoms with Gasteiger partial charge in [-0.15, -0.1) is 0 Å². The number of carbonyl (C=O) groups is 1. The highest BCUT2D eigenvalue weighted by Crippen LogP contribution is 2.60. The Morgan fingerprint density at radius 2 is 1.90 bits per heavy atom. The minimum Gasteiger partial charge on any atom is -0.399 e. The number of nitrogens with zero attached hydrogens (tertiary/aromatic N) is 4. The molecule has 3 aliphatic rings. The van der Waals surface area contributed by atoms with Gasteiger partial charge < -0.3 is 11.1 Å². The van der Waals surface area contributed by atoms with Crippen molar-refractivity contribution in [2.45, 2.75) is 31.7 Å². The van der Waals surface area contributed by atoms with Crippen LogP contribution in [0.4, 0.5) is 5.69 Å². The van der Waals surface area contributed by atoms with Crippen molar-refractivity contribution in [3.05, 3.63) is 52.2 Å². The summed E-state index contributed by atoms with van der Waals surface area (Å²) in [5, 5.41) is 33.2. The molecule has 3 N–H and O–H groups in total. The summed E-state index contributed by atoms with van der Waals surface area (Å²) in [7, 11) is 0. The van der Waals surface area contributed by atoms with Gasteiger partial charge in [-0.2, -0.15) is 15.8 Å². The Kier molecular flexibility index (Phi) is 4.01. The fraction of sp³-hybridized carbons (Fsp3) is 0.364. The molecule has 0 bridgehead atoms. The molecule has 4 rings (SSSR count). The first kappa shape index (κ1) is 18.7. The molecule has 0 aromatic heterocycles. The molecule has 1 unspecified atom stereocenters. The van der Waals surface area contributed by atoms with E-state index in [9.17, 15) is 20.6 Å². The molecular weight excluding hydrogens is 364 g/mol. The number of rotatable bonds is 1. The van der Waals surface area contributed by atoms with Gasteiger partial charge in [-0.05, 0) is 43.0 Å². The van der Waals surface area contributed by atoms with Gasteiger partial charge in [0, 0.05) is 24.8 Å². The topological polar surface area (TPSA) is 130 Å². The molecule has 1 spiro atoms. The summed E-state index contributed by atoms with van der Waals surface area (Å²) in [6.45, 7) is 5.21. The minimum atomic E-state index is -2.01. The summed E-state index contributed by atoms with van der Waals surface area (Å²) in [5.41, 5.74) is 5.24. The molecule has 0 saturated heterocycles. The molecule has 7 heteroatoms. The van der Waals surface area contributed by atoms with Gasteiger partial charge in [-0.1, -0.05) is 18.2 Å². The summed E-state index contributed by atoms with van der Waals surface area (Å²) in [4.78, 5) is 15.8. The predicted molar refractivity (Wildman–Crippen MR) is 106 cm³/mol. The molecule has 1 aromatic rings. The summed E-state index contributed by atoms with van der Waals surface area (Å²) in [6, 6.07) is 13.5. The van der Waals surface area contributed by atoms with Crippen LogP contribution in [0.3, 0.4) is 0 Å². The SMILES string of the molecule is CC(C)N1CCC2=C(C1)C1(C(=O)Nc3ccccc31)C(C#N)(C#N)C(N)=C2C#N. The second-order valence-corrected chi connectivity index (χ2v) is 7.90. The lowest BCUT2D eigenvalue weighted by molar-refractivity contribution is -0.121. The van der Waals surface area contributed by atoms with E-state index in [4.69, 9.17) is 5.73 Å². The van der Waals surface area contributed by atoms with Gasteiger partial charge in [0.1, 0.15) is 11.5 Å². The van der Waals surface area contributed by atoms with E-state index in [1.165, 1.54) is 0 Å². The van der Waals surface area contributed by atoms with Crippen molar-refractivity contribution in [3.63, 3.8) is 0 Å². The molecule has 29 heavy (non-hydrogen) atoms. The summed E-state index contributed by atoms with van der Waals surface area (Å²) in [5.74, 6) is -0.445. The third-order valence-electron chi connectivity index (χ3n) is 6.46. The average Bonchev–Trinajstić information content (AvgIpc) is 3.02. The van der Waals surface area contributed by atoms with Crippen molar-refractivity contribution < 1.29 is 4.79 Å². The summed E-state index contributed by atoms with van der Waals surface area (Å²) < 4.78 is 0. The van der Waals surface area contributed by atoms with Gasteiger partial charge in [0.25, 0.3) is 0 Å². The van der Waals surface area contributed by atoms with Crippen LogP contribution in [-0.2, 0) is 10.2 Å². The second kappa shape index (κ2) is 6.21. The Morgan fingerprint density at radius 1 is 1.21 bits per heavy atom. The van der Waals surface area contributed by atoms with Crippen molar-refractivity contribution in [3.8, 4) is 18.2 Å². The molecule has 1 amide bonds. The van der Waals surface area contributed by atoms with Crippen LogP contribution < -0.4 is 11.1 Å². The van der Waals surface area contributed by atoms with Crippen molar-refractivity contribution >= 4 is 11.6 Å². The molecular formula is C22H20N6O. The number of nitrogens with one attached hydrogen (secondary N) is 1. The van der Waals surface area contributed by atoms with E-state index in [1.807, 2.05) is 0 Å². The number of fused-ring (bicyclic) bond motifs is 3. The number of hydrogen-bond donors (Lipinski definition) is 2. The predicted octanol–water partition coefficient (Wildman–Crippen LogP) is 2.07. The first-order chi connectivity index (χ1) is 13.9. The van der Waals surface area contributed by atoms with E-state index in [-0.39, 0.29) is 17.3 Å². The van der Waals surface area contributed by atoms with E-state index < -0.39 is 16.7 Å². The highest BCUT2D eigenvalue weighted by molar-refractivity contribution is 6.11. The van der Waals surface area contributed by atoms with Crippen LogP contribution in [0.15, 0.2) is 46.7 Å². The zero-order valence-corrected chi connectivity index (χ0v) is 16.3. The van der Waals surface area contributed by atoms with Gasteiger partial charge in [0.15, 0.2) is 0 Å². The van der Waals surface area contributed by atoms with Crippen molar-refractivity contribution in [1.82, 2.24) is 4.90 Å². The molecule has 144 valence electrons. The smallest absolute Gasteiger partial charge is 0.242 e. The van der Waals surface area contributed by atoms with E-state index in [0.29, 0.717) is 41.9 Å². The lowest BCUT2D eigenvalue weighted by Crippen LogP contribution is -2.59. The molecule has 1 aromatic carbocycles. The maximum atomic E-state index is 13.6. The highest BCUT2D eigenvalue weighted by atomic mass is 16.2. The van der Waals surface area contributed by atoms with Crippen molar-refractivity contribution in [1.29, 1.82) is 15.8 Å². The van der Waals surface area contributed by atoms with E-state index in [2.05, 4.69) is 42.3 Å². The lowest BCUT2D eigenvalue weighted by Gasteiger charge is -2.48. The Labute approximate surface area is 169 Å². The van der Waals surface area contributed by atoms with Gasteiger partial charge in [-0.3, -0.25) is 9.69 Å². The van der Waals surface area contributed by atoms with Crippen LogP contribution in [0, 0.1) is 39.4 Å². The Hall–Kier alpha value is -3.60. The average molecular weight is 384 g/mol. The van der Waals surface area contributed by atoms with E-state index >= 15 is 0 Å². The van der Waals surface area contributed by atoms with Gasteiger partial charge in [0.2, 0.25) is 11.3 Å². The van der Waals surface area contributed by atoms with Gasteiger partial charge in [0.05, 0.1) is 23.4 Å². The maximum absolute atomic E-state index is 13.6. The van der Waals surface area contributed by atoms with Crippen LogP contribution in [-0.4, -0.2) is 29.9 Å². The molecule has 7 nitrogen and oxygen atoms in total. The molecule has 0 saturated carbocycles. The van der Waals surface area contributed by atoms with Crippen molar-refractivity contribution in [2.75, 3.05) is 18.4 Å². The number of allylic oxidation sites excluding steroid dienone is 2. The number of nitriles is 3. The quantitative estimate of drug-likeness (QED) is 0.762. The Balaban J connectivity index is 2.16. The lowest BCUT2D eigenvalue weighted by atomic mass is 9.51. The highest BCUT2D eigenvalue weighted by Gasteiger charge is 2.69. The first-order valence-electron chi connectivity index (χ1n) is 9.49. The van der Waals surface area contributed by atoms with Crippen LogP contribution in [0.1, 0.15) is 25.8 Å². The Morgan fingerprint density at radius 3 is 2.52 bits per heavy atom. The monoisotopic (exact) mass is 384 g/mol. The third-order valence-corrected chi connectivity index (χ3v) is 6.46. The molecule has 0 radical (unpaired) electrons. The van der Waals surface area contributed by atoms with Crippen LogP contribution >= 0.6 is 0 Å². The zero-order valence-electron chi connectivity index (χ0n) is 16.3. The van der Waals surface area contributed by atoms with E-state index in [0.717, 1.165) is 0 Å². The number of anilines is 1. The van der Waals surface area contributed by atoms with E-state index in [1.54, 1.807) is 24.3 Å². The number of hydrogen-bond acceptors (Lipinski definition) is 6. The number of para-hydroxylation sites is 1. The molecule has 2 heterocycles. The van der Waals surface area contributed by atoms with Crippen LogP contribution in [0.25, 0.3) is 0 Å². The van der Waals surface area contributed by atoms with Crippen molar-refractivity contribution in [2.24, 2.45) is 11.1 Å². The maximum Gasteiger partial charge on any atom is 0.242 e. The number of benzene rings is 1. The molecule has 1 aliphatic carbocycles. The standard InChI is InChI=1S/C22H20N6O/c1-13(2)28-8-7-14-15(9-23)19(26)21(11-24,12-25)22(17(14)10-28)16-5-3-4-6-18(16)27-20(22)29/h3-6,13H,7-8,10,26H2,1-2H3,(H,27,29). The first-order valence-corrected chi connectivity index (χ1v) is 9.49. The fourth-order valence-corrected chi connectivity index (χ4v) is 4.99. The van der Waals surface area contributed by atoms with Crippen LogP contribution in [0.2, 0.25) is 0 Å². The zero-order chi connectivity index (χ0) is 21.0. The largest absolute Gasteiger partial charge is 0.399 e. The fourth-order valence-electron chi connectivity index (χ4n) is 4.99. The number of amides is 1. The second-order valence-electron chi connectivity index (χ2n) is 7.90. The van der Waals surface area contributed by atoms with Gasteiger partial charge >= 0.3 is 0 Å². The summed E-state index contributed by atoms with van der Waals surface area (Å²) >= 11 is 0. The summed E-state index contributed by atoms with van der Waals surface area (Å²) in [6.07, 6.45) is 0.529. The van der Waals surface area contributed by atoms with Gasteiger partial charge in [-0.25, -0.2) is 0 Å². The van der Waals surface area contributed by atoms with Crippen LogP contribution in [0.5, 0.6) is 0 Å².